The van der Waals surface area contributed by atoms with Gasteiger partial charge in [-0.05, 0) is 0 Å². The first-order chi connectivity index (χ1) is 6.83. The third-order valence-electron chi connectivity index (χ3n) is 1.32. The standard InChI is InChI=1S/C7H3F4N3O/c8-5-1-4(15-7(9,10)11)3(2-12)6(13)14-5/h1H,(H2,13,14). The van der Waals surface area contributed by atoms with Crippen molar-refractivity contribution in [3.05, 3.63) is 17.6 Å². The maximum atomic E-state index is 12.6. The quantitative estimate of drug-likeness (QED) is 0.577. The van der Waals surface area contributed by atoms with Gasteiger partial charge in [0, 0.05) is 6.07 Å². The van der Waals surface area contributed by atoms with Crippen LogP contribution in [-0.2, 0) is 0 Å². The van der Waals surface area contributed by atoms with Crippen LogP contribution < -0.4 is 10.5 Å². The third-order valence-corrected chi connectivity index (χ3v) is 1.32. The number of rotatable bonds is 1. The minimum Gasteiger partial charge on any atom is -0.404 e. The van der Waals surface area contributed by atoms with Gasteiger partial charge >= 0.3 is 6.36 Å². The van der Waals surface area contributed by atoms with E-state index in [9.17, 15) is 17.6 Å². The Morgan fingerprint density at radius 1 is 1.47 bits per heavy atom. The van der Waals surface area contributed by atoms with Crippen molar-refractivity contribution < 1.29 is 22.3 Å². The highest BCUT2D eigenvalue weighted by Crippen LogP contribution is 2.28. The Balaban J connectivity index is 3.23. The van der Waals surface area contributed by atoms with Gasteiger partial charge in [0.05, 0.1) is 0 Å². The molecule has 0 atom stereocenters. The van der Waals surface area contributed by atoms with E-state index in [2.05, 4.69) is 9.72 Å². The Bertz CT molecular complexity index is 423. The van der Waals surface area contributed by atoms with E-state index >= 15 is 0 Å². The first kappa shape index (κ1) is 11.0. The molecule has 2 N–H and O–H groups in total. The lowest BCUT2D eigenvalue weighted by Crippen LogP contribution is -2.18. The molecule has 1 heterocycles. The van der Waals surface area contributed by atoms with Gasteiger partial charge in [-0.1, -0.05) is 0 Å². The normalized spacial score (nSPS) is 10.9. The minimum absolute atomic E-state index is 0.336. The highest BCUT2D eigenvalue weighted by atomic mass is 19.4. The molecule has 0 fully saturated rings. The van der Waals surface area contributed by atoms with Crippen molar-refractivity contribution in [1.82, 2.24) is 4.98 Å². The fourth-order valence-corrected chi connectivity index (χ4v) is 0.827. The first-order valence-corrected chi connectivity index (χ1v) is 3.45. The number of halogens is 4. The lowest BCUT2D eigenvalue weighted by Gasteiger charge is -2.10. The summed E-state index contributed by atoms with van der Waals surface area (Å²) in [6.07, 6.45) is -5.02. The van der Waals surface area contributed by atoms with Crippen molar-refractivity contribution in [3.8, 4) is 11.8 Å². The predicted molar refractivity (Wildman–Crippen MR) is 40.0 cm³/mol. The summed E-state index contributed by atoms with van der Waals surface area (Å²) in [5, 5.41) is 8.45. The van der Waals surface area contributed by atoms with Gasteiger partial charge in [-0.2, -0.15) is 9.65 Å². The molecular formula is C7H3F4N3O. The van der Waals surface area contributed by atoms with Gasteiger partial charge < -0.3 is 10.5 Å². The van der Waals surface area contributed by atoms with Crippen LogP contribution in [0, 0.1) is 17.3 Å². The largest absolute Gasteiger partial charge is 0.573 e. The number of hydrogen-bond acceptors (Lipinski definition) is 4. The summed E-state index contributed by atoms with van der Waals surface area (Å²) < 4.78 is 51.4. The molecular weight excluding hydrogens is 218 g/mol. The molecule has 0 spiro atoms. The van der Waals surface area contributed by atoms with Crippen LogP contribution in [0.2, 0.25) is 0 Å². The monoisotopic (exact) mass is 221 g/mol. The number of nitrogens with two attached hydrogens (primary N) is 1. The number of pyridine rings is 1. The van der Waals surface area contributed by atoms with E-state index in [0.29, 0.717) is 6.07 Å². The molecule has 0 bridgehead atoms. The average molecular weight is 221 g/mol. The first-order valence-electron chi connectivity index (χ1n) is 3.45. The Morgan fingerprint density at radius 2 is 2.07 bits per heavy atom. The number of alkyl halides is 3. The van der Waals surface area contributed by atoms with Crippen LogP contribution in [0.4, 0.5) is 23.4 Å². The van der Waals surface area contributed by atoms with Crippen LogP contribution in [0.3, 0.4) is 0 Å². The summed E-state index contributed by atoms with van der Waals surface area (Å²) >= 11 is 0. The topological polar surface area (TPSA) is 71.9 Å². The van der Waals surface area contributed by atoms with Crippen LogP contribution in [0.1, 0.15) is 5.56 Å². The third kappa shape index (κ3) is 2.70. The number of anilines is 1. The SMILES string of the molecule is N#Cc1c(OC(F)(F)F)cc(F)nc1N. The van der Waals surface area contributed by atoms with E-state index < -0.39 is 29.4 Å². The van der Waals surface area contributed by atoms with Crippen LogP contribution in [0.5, 0.6) is 5.75 Å². The number of nitriles is 1. The average Bonchev–Trinajstić information content (AvgIpc) is 1.99. The highest BCUT2D eigenvalue weighted by Gasteiger charge is 2.33. The second kappa shape index (κ2) is 3.61. The molecule has 1 aromatic rings. The van der Waals surface area contributed by atoms with E-state index in [4.69, 9.17) is 11.0 Å². The highest BCUT2D eigenvalue weighted by molar-refractivity contribution is 5.56. The lowest BCUT2D eigenvalue weighted by molar-refractivity contribution is -0.274. The zero-order valence-electron chi connectivity index (χ0n) is 6.97. The van der Waals surface area contributed by atoms with Crippen molar-refractivity contribution in [2.75, 3.05) is 5.73 Å². The molecule has 4 nitrogen and oxygen atoms in total. The zero-order chi connectivity index (χ0) is 11.6. The van der Waals surface area contributed by atoms with Crippen molar-refractivity contribution in [1.29, 1.82) is 5.26 Å². The van der Waals surface area contributed by atoms with Crippen molar-refractivity contribution >= 4 is 5.82 Å². The molecule has 0 aliphatic carbocycles. The van der Waals surface area contributed by atoms with E-state index in [1.54, 1.807) is 0 Å². The summed E-state index contributed by atoms with van der Waals surface area (Å²) in [4.78, 5) is 2.98. The number of hydrogen-bond donors (Lipinski definition) is 1. The van der Waals surface area contributed by atoms with E-state index in [1.165, 1.54) is 6.07 Å². The molecule has 0 aliphatic rings. The van der Waals surface area contributed by atoms with Crippen LogP contribution >= 0.6 is 0 Å². The van der Waals surface area contributed by atoms with Crippen molar-refractivity contribution in [2.45, 2.75) is 6.36 Å². The molecule has 0 saturated carbocycles. The fourth-order valence-electron chi connectivity index (χ4n) is 0.827. The maximum absolute atomic E-state index is 12.6. The Kier molecular flexibility index (Phi) is 2.65. The second-order valence-corrected chi connectivity index (χ2v) is 2.36. The van der Waals surface area contributed by atoms with Gasteiger partial charge in [-0.15, -0.1) is 13.2 Å². The van der Waals surface area contributed by atoms with Gasteiger partial charge in [0.15, 0.2) is 5.75 Å². The summed E-state index contributed by atoms with van der Waals surface area (Å²) in [6, 6.07) is 1.67. The smallest absolute Gasteiger partial charge is 0.404 e. The molecule has 0 aliphatic heterocycles. The summed E-state index contributed by atoms with van der Waals surface area (Å²) in [6.45, 7) is 0. The molecule has 0 amide bonds. The van der Waals surface area contributed by atoms with E-state index in [-0.39, 0.29) is 0 Å². The summed E-state index contributed by atoms with van der Waals surface area (Å²) in [5.41, 5.74) is 4.37. The number of aromatic nitrogens is 1. The Morgan fingerprint density at radius 3 is 2.53 bits per heavy atom. The van der Waals surface area contributed by atoms with Gasteiger partial charge in [-0.3, -0.25) is 0 Å². The van der Waals surface area contributed by atoms with Crippen molar-refractivity contribution in [3.63, 3.8) is 0 Å². The van der Waals surface area contributed by atoms with Crippen molar-refractivity contribution in [2.24, 2.45) is 0 Å². The molecule has 0 unspecified atom stereocenters. The van der Waals surface area contributed by atoms with Gasteiger partial charge in [-0.25, -0.2) is 4.98 Å². The number of ether oxygens (including phenoxy) is 1. The van der Waals surface area contributed by atoms with E-state index in [0.717, 1.165) is 0 Å². The van der Waals surface area contributed by atoms with Crippen LogP contribution in [-0.4, -0.2) is 11.3 Å². The van der Waals surface area contributed by atoms with Crippen LogP contribution in [0.25, 0.3) is 0 Å². The molecule has 1 aromatic heterocycles. The zero-order valence-corrected chi connectivity index (χ0v) is 6.97. The predicted octanol–water partition coefficient (Wildman–Crippen LogP) is 1.57. The second-order valence-electron chi connectivity index (χ2n) is 2.36. The molecule has 8 heteroatoms. The fraction of sp³-hybridized carbons (Fsp3) is 0.143. The molecule has 15 heavy (non-hydrogen) atoms. The van der Waals surface area contributed by atoms with E-state index in [1.807, 2.05) is 0 Å². The molecule has 1 rings (SSSR count). The molecule has 0 radical (unpaired) electrons. The van der Waals surface area contributed by atoms with Crippen LogP contribution in [0.15, 0.2) is 6.07 Å². The summed E-state index contributed by atoms with van der Waals surface area (Å²) in [7, 11) is 0. The number of nitrogens with zero attached hydrogens (tertiary/aromatic N) is 2. The molecule has 0 saturated heterocycles. The Labute approximate surface area is 80.9 Å². The maximum Gasteiger partial charge on any atom is 0.573 e. The Hall–Kier alpha value is -2.04. The van der Waals surface area contributed by atoms with Gasteiger partial charge in [0.25, 0.3) is 0 Å². The lowest BCUT2D eigenvalue weighted by atomic mass is 10.2. The van der Waals surface area contributed by atoms with Gasteiger partial charge in [0.2, 0.25) is 5.95 Å². The summed E-state index contributed by atoms with van der Waals surface area (Å²) in [5.74, 6) is -2.92. The molecule has 0 aromatic carbocycles. The molecule has 80 valence electrons. The minimum atomic E-state index is -5.02. The number of nitrogen functional groups attached to an aromatic ring is 1. The van der Waals surface area contributed by atoms with Gasteiger partial charge in [0.1, 0.15) is 17.5 Å².